The number of nitrogens with two attached hydrogens (primary N) is 1. The van der Waals surface area contributed by atoms with E-state index >= 15 is 0 Å². The second kappa shape index (κ2) is 19.0. The average molecular weight is 542 g/mol. The van der Waals surface area contributed by atoms with Gasteiger partial charge in [-0.15, -0.1) is 0 Å². The fourth-order valence-electron chi connectivity index (χ4n) is 4.70. The molecule has 4 N–H and O–H groups in total. The maximum absolute atomic E-state index is 13.1. The molecule has 2 unspecified atom stereocenters. The van der Waals surface area contributed by atoms with Crippen molar-refractivity contribution < 1.29 is 19.1 Å². The highest BCUT2D eigenvalue weighted by Gasteiger charge is 2.29. The predicted octanol–water partition coefficient (Wildman–Crippen LogP) is 6.13. The van der Waals surface area contributed by atoms with Crippen molar-refractivity contribution in [2.45, 2.75) is 149 Å². The van der Waals surface area contributed by atoms with Crippen molar-refractivity contribution in [1.82, 2.24) is 10.6 Å². The van der Waals surface area contributed by atoms with Gasteiger partial charge in [-0.2, -0.15) is 0 Å². The second-order valence-corrected chi connectivity index (χ2v) is 13.0. The highest BCUT2D eigenvalue weighted by atomic mass is 16.5. The third-order valence-electron chi connectivity index (χ3n) is 7.70. The van der Waals surface area contributed by atoms with E-state index in [-0.39, 0.29) is 34.5 Å². The van der Waals surface area contributed by atoms with Crippen LogP contribution in [0.15, 0.2) is 0 Å². The zero-order valence-electron chi connectivity index (χ0n) is 26.5. The first-order chi connectivity index (χ1) is 17.7. The smallest absolute Gasteiger partial charge is 0.223 e. The van der Waals surface area contributed by atoms with Crippen LogP contribution in [0, 0.1) is 11.8 Å². The minimum atomic E-state index is -0.287. The van der Waals surface area contributed by atoms with E-state index in [2.05, 4.69) is 66.0 Å². The van der Waals surface area contributed by atoms with Crippen LogP contribution in [0.3, 0.4) is 0 Å². The Morgan fingerprint density at radius 3 is 2.16 bits per heavy atom. The van der Waals surface area contributed by atoms with Crippen molar-refractivity contribution in [3.63, 3.8) is 0 Å². The molecule has 0 aliphatic heterocycles. The molecule has 0 bridgehead atoms. The number of nitrogens with one attached hydrogen (secondary N) is 2. The number of ether oxygens (including phenoxy) is 2. The van der Waals surface area contributed by atoms with E-state index in [1.165, 1.54) is 0 Å². The van der Waals surface area contributed by atoms with Crippen LogP contribution >= 0.6 is 0 Å². The van der Waals surface area contributed by atoms with Crippen molar-refractivity contribution in [2.24, 2.45) is 17.6 Å². The summed E-state index contributed by atoms with van der Waals surface area (Å²) in [6.45, 7) is 18.8. The van der Waals surface area contributed by atoms with Crippen LogP contribution in [0.1, 0.15) is 132 Å². The molecular formula is C31H63N3O4. The standard InChI is InChI=1S/C31H63N3O4/c1-10-16-25(2)26(17-13-15-22-32)28(36)34-29(3,4)19-14-11-12-18-27(35)33-23-20-31(7,8)38-24-21-30(5,6)37-9/h25-26H,10-24,32H2,1-9H3,(H,33,35)(H,34,36). The number of carbonyl (C=O) groups is 2. The van der Waals surface area contributed by atoms with Gasteiger partial charge in [-0.25, -0.2) is 0 Å². The van der Waals surface area contributed by atoms with Gasteiger partial charge in [0.2, 0.25) is 11.8 Å². The van der Waals surface area contributed by atoms with Crippen LogP contribution in [0.25, 0.3) is 0 Å². The molecule has 0 spiro atoms. The van der Waals surface area contributed by atoms with Crippen molar-refractivity contribution in [3.8, 4) is 0 Å². The Balaban J connectivity index is 4.27. The summed E-state index contributed by atoms with van der Waals surface area (Å²) in [5.74, 6) is 0.713. The fraction of sp³-hybridized carbons (Fsp3) is 0.935. The molecule has 0 saturated carbocycles. The number of hydrogen-bond acceptors (Lipinski definition) is 5. The summed E-state index contributed by atoms with van der Waals surface area (Å²) in [6.07, 6.45) is 10.9. The van der Waals surface area contributed by atoms with E-state index in [4.69, 9.17) is 15.2 Å². The van der Waals surface area contributed by atoms with Gasteiger partial charge in [-0.05, 0) is 92.5 Å². The zero-order chi connectivity index (χ0) is 29.2. The van der Waals surface area contributed by atoms with Crippen molar-refractivity contribution in [2.75, 3.05) is 26.8 Å². The van der Waals surface area contributed by atoms with Gasteiger partial charge in [-0.1, -0.05) is 46.0 Å². The third kappa shape index (κ3) is 18.2. The fourth-order valence-corrected chi connectivity index (χ4v) is 4.70. The predicted molar refractivity (Wildman–Crippen MR) is 159 cm³/mol. The minimum Gasteiger partial charge on any atom is -0.379 e. The quantitative estimate of drug-likeness (QED) is 0.135. The molecule has 226 valence electrons. The van der Waals surface area contributed by atoms with E-state index in [1.807, 2.05) is 0 Å². The first-order valence-corrected chi connectivity index (χ1v) is 15.2. The maximum atomic E-state index is 13.1. The second-order valence-electron chi connectivity index (χ2n) is 13.0. The van der Waals surface area contributed by atoms with Crippen LogP contribution in [0.4, 0.5) is 0 Å². The molecule has 0 saturated heterocycles. The number of methoxy groups -OCH3 is 1. The van der Waals surface area contributed by atoms with Crippen LogP contribution in [-0.2, 0) is 19.1 Å². The highest BCUT2D eigenvalue weighted by molar-refractivity contribution is 5.79. The molecule has 38 heavy (non-hydrogen) atoms. The van der Waals surface area contributed by atoms with Gasteiger partial charge in [-0.3, -0.25) is 9.59 Å². The Labute approximate surface area is 235 Å². The van der Waals surface area contributed by atoms with Crippen LogP contribution in [-0.4, -0.2) is 55.4 Å². The normalized spacial score (nSPS) is 14.3. The van der Waals surface area contributed by atoms with E-state index in [9.17, 15) is 9.59 Å². The lowest BCUT2D eigenvalue weighted by molar-refractivity contribution is -0.128. The number of rotatable bonds is 23. The minimum absolute atomic E-state index is 0.0528. The number of carbonyl (C=O) groups excluding carboxylic acids is 2. The molecule has 0 aromatic carbocycles. The molecular weight excluding hydrogens is 478 g/mol. The largest absolute Gasteiger partial charge is 0.379 e. The van der Waals surface area contributed by atoms with Gasteiger partial charge in [0.1, 0.15) is 0 Å². The molecule has 0 aliphatic rings. The van der Waals surface area contributed by atoms with Gasteiger partial charge in [0.05, 0.1) is 17.8 Å². The zero-order valence-corrected chi connectivity index (χ0v) is 26.5. The van der Waals surface area contributed by atoms with Crippen LogP contribution in [0.2, 0.25) is 0 Å². The Morgan fingerprint density at radius 1 is 0.868 bits per heavy atom. The van der Waals surface area contributed by atoms with E-state index in [1.54, 1.807) is 7.11 Å². The van der Waals surface area contributed by atoms with Gasteiger partial charge >= 0.3 is 0 Å². The van der Waals surface area contributed by atoms with E-state index < -0.39 is 0 Å². The maximum Gasteiger partial charge on any atom is 0.223 e. The molecule has 2 amide bonds. The number of hydrogen-bond donors (Lipinski definition) is 3. The molecule has 0 fully saturated rings. The summed E-state index contributed by atoms with van der Waals surface area (Å²) in [5, 5.41) is 6.36. The monoisotopic (exact) mass is 541 g/mol. The topological polar surface area (TPSA) is 103 Å². The van der Waals surface area contributed by atoms with Crippen LogP contribution in [0.5, 0.6) is 0 Å². The highest BCUT2D eigenvalue weighted by Crippen LogP contribution is 2.25. The molecule has 0 heterocycles. The Morgan fingerprint density at radius 2 is 1.55 bits per heavy atom. The van der Waals surface area contributed by atoms with E-state index in [0.717, 1.165) is 70.6 Å². The lowest BCUT2D eigenvalue weighted by atomic mass is 9.84. The van der Waals surface area contributed by atoms with Gasteiger partial charge in [0.15, 0.2) is 0 Å². The number of unbranched alkanes of at least 4 members (excludes halogenated alkanes) is 3. The lowest BCUT2D eigenvalue weighted by Gasteiger charge is -2.31. The van der Waals surface area contributed by atoms with Crippen molar-refractivity contribution >= 4 is 11.8 Å². The Kier molecular flexibility index (Phi) is 18.4. The van der Waals surface area contributed by atoms with Crippen LogP contribution < -0.4 is 16.4 Å². The summed E-state index contributed by atoms with van der Waals surface area (Å²) in [6, 6.07) is 0. The molecule has 0 rings (SSSR count). The first kappa shape index (κ1) is 36.8. The lowest BCUT2D eigenvalue weighted by Crippen LogP contribution is -2.47. The molecule has 0 aromatic heterocycles. The van der Waals surface area contributed by atoms with Gasteiger partial charge in [0, 0.05) is 31.5 Å². The molecule has 7 nitrogen and oxygen atoms in total. The summed E-state index contributed by atoms with van der Waals surface area (Å²) in [5.41, 5.74) is 4.94. The Hall–Kier alpha value is -1.18. The summed E-state index contributed by atoms with van der Waals surface area (Å²) in [4.78, 5) is 25.4. The molecule has 0 aliphatic carbocycles. The Bertz CT molecular complexity index is 649. The SMILES string of the molecule is CCCC(C)C(CCCCN)C(=O)NC(C)(C)CCCCCC(=O)NCCC(C)(C)OCCC(C)(C)OC. The van der Waals surface area contributed by atoms with E-state index in [0.29, 0.717) is 32.0 Å². The third-order valence-corrected chi connectivity index (χ3v) is 7.70. The molecule has 0 radical (unpaired) electrons. The van der Waals surface area contributed by atoms with Gasteiger partial charge < -0.3 is 25.8 Å². The molecule has 2 atom stereocenters. The molecule has 7 heteroatoms. The summed E-state index contributed by atoms with van der Waals surface area (Å²) in [7, 11) is 1.72. The number of amides is 2. The average Bonchev–Trinajstić information content (AvgIpc) is 2.80. The molecule has 0 aromatic rings. The summed E-state index contributed by atoms with van der Waals surface area (Å²) >= 11 is 0. The van der Waals surface area contributed by atoms with Crippen molar-refractivity contribution in [1.29, 1.82) is 0 Å². The van der Waals surface area contributed by atoms with Gasteiger partial charge in [0.25, 0.3) is 0 Å². The summed E-state index contributed by atoms with van der Waals surface area (Å²) < 4.78 is 11.5. The van der Waals surface area contributed by atoms with Crippen molar-refractivity contribution in [3.05, 3.63) is 0 Å². The first-order valence-electron chi connectivity index (χ1n) is 15.2.